The minimum absolute atomic E-state index is 0.00215. The van der Waals surface area contributed by atoms with Gasteiger partial charge in [0, 0.05) is 13.1 Å². The first-order valence-corrected chi connectivity index (χ1v) is 10.9. The van der Waals surface area contributed by atoms with Crippen LogP contribution in [0.4, 0.5) is 0 Å². The number of hydrogen-bond donors (Lipinski definition) is 0. The Morgan fingerprint density at radius 1 is 1.27 bits per heavy atom. The molecule has 1 atom stereocenters. The number of ether oxygens (including phenoxy) is 1. The Balaban J connectivity index is 1.51. The molecule has 1 aliphatic heterocycles. The lowest BCUT2D eigenvalue weighted by Gasteiger charge is -2.46. The number of piperidine rings is 1. The first kappa shape index (κ1) is 20.8. The molecule has 162 valence electrons. The highest BCUT2D eigenvalue weighted by Crippen LogP contribution is 2.38. The van der Waals surface area contributed by atoms with Gasteiger partial charge in [0.05, 0.1) is 6.04 Å². The standard InChI is InChI=1S/C22H32N6O2/c1-17-8-6-11-19(14-17)30-15-20(29)27-13-7-12-22(16-27,26(2)3)21-23-24-25-28(21)18-9-4-5-10-18/h6,8,11,14,18H,4-5,7,9-10,12-13,15-16H2,1-3H3. The Labute approximate surface area is 178 Å². The van der Waals surface area contributed by atoms with Crippen molar-refractivity contribution >= 4 is 5.91 Å². The molecule has 0 radical (unpaired) electrons. The molecule has 8 nitrogen and oxygen atoms in total. The van der Waals surface area contributed by atoms with Gasteiger partial charge in [0.15, 0.2) is 12.4 Å². The van der Waals surface area contributed by atoms with Crippen molar-refractivity contribution < 1.29 is 9.53 Å². The van der Waals surface area contributed by atoms with Crippen LogP contribution in [-0.2, 0) is 10.3 Å². The number of nitrogens with zero attached hydrogens (tertiary/aromatic N) is 6. The second kappa shape index (κ2) is 8.71. The molecular formula is C22H32N6O2. The van der Waals surface area contributed by atoms with Crippen LogP contribution in [0, 0.1) is 6.92 Å². The summed E-state index contributed by atoms with van der Waals surface area (Å²) >= 11 is 0. The molecule has 4 rings (SSSR count). The highest BCUT2D eigenvalue weighted by atomic mass is 16.5. The molecule has 1 aliphatic carbocycles. The van der Waals surface area contributed by atoms with E-state index < -0.39 is 0 Å². The van der Waals surface area contributed by atoms with Gasteiger partial charge >= 0.3 is 0 Å². The molecule has 1 aromatic carbocycles. The van der Waals surface area contributed by atoms with E-state index in [0.717, 1.165) is 49.4 Å². The smallest absolute Gasteiger partial charge is 0.260 e. The lowest BCUT2D eigenvalue weighted by Crippen LogP contribution is -2.57. The van der Waals surface area contributed by atoms with Gasteiger partial charge in [-0.1, -0.05) is 25.0 Å². The molecular weight excluding hydrogens is 380 g/mol. The van der Waals surface area contributed by atoms with Crippen LogP contribution < -0.4 is 4.74 Å². The second-order valence-corrected chi connectivity index (χ2v) is 8.84. The maximum atomic E-state index is 13.0. The number of aryl methyl sites for hydroxylation is 1. The van der Waals surface area contributed by atoms with Crippen molar-refractivity contribution in [1.82, 2.24) is 30.0 Å². The molecule has 2 aromatic rings. The number of rotatable bonds is 6. The van der Waals surface area contributed by atoms with E-state index in [1.165, 1.54) is 12.8 Å². The number of tetrazole rings is 1. The van der Waals surface area contributed by atoms with E-state index in [1.807, 2.05) is 40.8 Å². The number of hydrogen-bond acceptors (Lipinski definition) is 6. The molecule has 1 aromatic heterocycles. The topological polar surface area (TPSA) is 76.4 Å². The second-order valence-electron chi connectivity index (χ2n) is 8.84. The first-order valence-electron chi connectivity index (χ1n) is 10.9. The van der Waals surface area contributed by atoms with E-state index >= 15 is 0 Å². The van der Waals surface area contributed by atoms with E-state index in [2.05, 4.69) is 34.5 Å². The number of likely N-dealkylation sites (tertiary alicyclic amines) is 1. The fourth-order valence-corrected chi connectivity index (χ4v) is 4.83. The van der Waals surface area contributed by atoms with Crippen LogP contribution in [0.5, 0.6) is 5.75 Å². The summed E-state index contributed by atoms with van der Waals surface area (Å²) in [5.74, 6) is 1.61. The molecule has 0 N–H and O–H groups in total. The van der Waals surface area contributed by atoms with E-state index in [-0.39, 0.29) is 18.1 Å². The maximum Gasteiger partial charge on any atom is 0.260 e. The molecule has 2 fully saturated rings. The molecule has 2 heterocycles. The van der Waals surface area contributed by atoms with Crippen LogP contribution >= 0.6 is 0 Å². The van der Waals surface area contributed by atoms with Crippen LogP contribution in [0.1, 0.15) is 56.0 Å². The predicted molar refractivity (Wildman–Crippen MR) is 113 cm³/mol. The summed E-state index contributed by atoms with van der Waals surface area (Å²) in [5.41, 5.74) is 0.729. The van der Waals surface area contributed by atoms with Crippen molar-refractivity contribution in [2.45, 2.75) is 57.0 Å². The number of carbonyl (C=O) groups excluding carboxylic acids is 1. The molecule has 1 amide bonds. The largest absolute Gasteiger partial charge is 0.484 e. The van der Waals surface area contributed by atoms with Crippen LogP contribution in [0.25, 0.3) is 0 Å². The van der Waals surface area contributed by atoms with Crippen LogP contribution in [0.15, 0.2) is 24.3 Å². The Bertz CT molecular complexity index is 876. The van der Waals surface area contributed by atoms with Crippen molar-refractivity contribution in [2.75, 3.05) is 33.8 Å². The molecule has 1 saturated heterocycles. The van der Waals surface area contributed by atoms with Gasteiger partial charge in [-0.2, -0.15) is 0 Å². The summed E-state index contributed by atoms with van der Waals surface area (Å²) < 4.78 is 7.81. The Morgan fingerprint density at radius 3 is 2.80 bits per heavy atom. The SMILES string of the molecule is Cc1cccc(OCC(=O)N2CCCC(c3nnnn3C3CCCC3)(N(C)C)C2)c1. The molecule has 2 aliphatic rings. The van der Waals surface area contributed by atoms with Gasteiger partial charge in [0.25, 0.3) is 5.91 Å². The Kier molecular flexibility index (Phi) is 6.04. The minimum atomic E-state index is -0.386. The van der Waals surface area contributed by atoms with E-state index in [0.29, 0.717) is 12.6 Å². The zero-order valence-corrected chi connectivity index (χ0v) is 18.3. The molecule has 8 heteroatoms. The highest BCUT2D eigenvalue weighted by molar-refractivity contribution is 5.78. The van der Waals surface area contributed by atoms with Gasteiger partial charge in [-0.15, -0.1) is 5.10 Å². The third-order valence-electron chi connectivity index (χ3n) is 6.61. The third-order valence-corrected chi connectivity index (χ3v) is 6.61. The van der Waals surface area contributed by atoms with Gasteiger partial charge in [-0.25, -0.2) is 4.68 Å². The van der Waals surface area contributed by atoms with Crippen molar-refractivity contribution in [3.05, 3.63) is 35.7 Å². The molecule has 1 unspecified atom stereocenters. The fraction of sp³-hybridized carbons (Fsp3) is 0.636. The fourth-order valence-electron chi connectivity index (χ4n) is 4.83. The maximum absolute atomic E-state index is 13.0. The number of amides is 1. The van der Waals surface area contributed by atoms with Gasteiger partial charge in [-0.05, 0) is 74.8 Å². The quantitative estimate of drug-likeness (QED) is 0.726. The average molecular weight is 413 g/mol. The van der Waals surface area contributed by atoms with Crippen LogP contribution in [0.2, 0.25) is 0 Å². The van der Waals surface area contributed by atoms with E-state index in [9.17, 15) is 4.79 Å². The summed E-state index contributed by atoms with van der Waals surface area (Å²) in [5, 5.41) is 12.9. The average Bonchev–Trinajstić information content (AvgIpc) is 3.43. The van der Waals surface area contributed by atoms with E-state index in [4.69, 9.17) is 4.74 Å². The first-order chi connectivity index (χ1) is 14.5. The van der Waals surface area contributed by atoms with Crippen molar-refractivity contribution in [3.63, 3.8) is 0 Å². The minimum Gasteiger partial charge on any atom is -0.484 e. The monoisotopic (exact) mass is 412 g/mol. The van der Waals surface area contributed by atoms with Crippen molar-refractivity contribution in [3.8, 4) is 5.75 Å². The number of likely N-dealkylation sites (N-methyl/N-ethyl adjacent to an activating group) is 1. The normalized spacial score (nSPS) is 22.6. The van der Waals surface area contributed by atoms with E-state index in [1.54, 1.807) is 0 Å². The molecule has 1 saturated carbocycles. The predicted octanol–water partition coefficient (Wildman–Crippen LogP) is 2.55. The van der Waals surface area contributed by atoms with Gasteiger partial charge < -0.3 is 9.64 Å². The Hall–Kier alpha value is -2.48. The van der Waals surface area contributed by atoms with Crippen LogP contribution in [-0.4, -0.2) is 69.7 Å². The molecule has 0 bridgehead atoms. The zero-order valence-electron chi connectivity index (χ0n) is 18.3. The van der Waals surface area contributed by atoms with Gasteiger partial charge in [0.2, 0.25) is 0 Å². The van der Waals surface area contributed by atoms with Gasteiger partial charge in [-0.3, -0.25) is 9.69 Å². The lowest BCUT2D eigenvalue weighted by atomic mass is 9.86. The highest BCUT2D eigenvalue weighted by Gasteiger charge is 2.45. The number of benzene rings is 1. The zero-order chi connectivity index (χ0) is 21.1. The van der Waals surface area contributed by atoms with Gasteiger partial charge in [0.1, 0.15) is 11.3 Å². The molecule has 0 spiro atoms. The summed E-state index contributed by atoms with van der Waals surface area (Å²) in [6, 6.07) is 8.15. The number of carbonyl (C=O) groups is 1. The third kappa shape index (κ3) is 4.05. The summed E-state index contributed by atoms with van der Waals surface area (Å²) in [4.78, 5) is 17.1. The molecule has 30 heavy (non-hydrogen) atoms. The Morgan fingerprint density at radius 2 is 2.07 bits per heavy atom. The van der Waals surface area contributed by atoms with Crippen LogP contribution in [0.3, 0.4) is 0 Å². The van der Waals surface area contributed by atoms with Crippen molar-refractivity contribution in [2.24, 2.45) is 0 Å². The summed E-state index contributed by atoms with van der Waals surface area (Å²) in [6.45, 7) is 3.36. The van der Waals surface area contributed by atoms with Crippen molar-refractivity contribution in [1.29, 1.82) is 0 Å². The lowest BCUT2D eigenvalue weighted by molar-refractivity contribution is -0.137. The summed E-state index contributed by atoms with van der Waals surface area (Å²) in [6.07, 6.45) is 6.52. The number of aromatic nitrogens is 4. The summed E-state index contributed by atoms with van der Waals surface area (Å²) in [7, 11) is 4.12.